The molecule has 0 bridgehead atoms. The largest absolute Gasteiger partial charge is 0.462 e. The van der Waals surface area contributed by atoms with Crippen molar-refractivity contribution in [3.8, 4) is 0 Å². The molecule has 71 heavy (non-hydrogen) atoms. The quantitative estimate of drug-likeness (QED) is 0.0261. The molecular weight excluding hydrogens is 877 g/mol. The van der Waals surface area contributed by atoms with E-state index < -0.39 is 6.10 Å². The molecule has 0 aliphatic carbocycles. The lowest BCUT2D eigenvalue weighted by molar-refractivity contribution is -0.167. The van der Waals surface area contributed by atoms with Crippen molar-refractivity contribution in [2.75, 3.05) is 13.2 Å². The molecule has 1 atom stereocenters. The zero-order valence-corrected chi connectivity index (χ0v) is 47.5. The molecular formula is C65H118O6. The van der Waals surface area contributed by atoms with E-state index in [0.717, 1.165) is 83.5 Å². The smallest absolute Gasteiger partial charge is 0.306 e. The third-order valence-electron chi connectivity index (χ3n) is 13.8. The van der Waals surface area contributed by atoms with Gasteiger partial charge in [-0.1, -0.05) is 301 Å². The summed E-state index contributed by atoms with van der Waals surface area (Å²) in [6.45, 7) is 6.57. The summed E-state index contributed by atoms with van der Waals surface area (Å²) in [5.74, 6) is -0.847. The van der Waals surface area contributed by atoms with Gasteiger partial charge in [-0.05, 0) is 57.8 Å². The number of hydrogen-bond donors (Lipinski definition) is 0. The topological polar surface area (TPSA) is 78.9 Å². The van der Waals surface area contributed by atoms with Crippen LogP contribution in [0.5, 0.6) is 0 Å². The van der Waals surface area contributed by atoms with Gasteiger partial charge in [0.25, 0.3) is 0 Å². The van der Waals surface area contributed by atoms with E-state index in [0.29, 0.717) is 19.3 Å². The molecule has 0 saturated carbocycles. The molecule has 0 spiro atoms. The molecule has 6 nitrogen and oxygen atoms in total. The van der Waals surface area contributed by atoms with Crippen molar-refractivity contribution in [1.29, 1.82) is 0 Å². The van der Waals surface area contributed by atoms with Crippen LogP contribution in [0.15, 0.2) is 48.6 Å². The van der Waals surface area contributed by atoms with Crippen LogP contribution in [0.4, 0.5) is 0 Å². The van der Waals surface area contributed by atoms with Crippen molar-refractivity contribution < 1.29 is 28.6 Å². The first-order valence-corrected chi connectivity index (χ1v) is 31.1. The van der Waals surface area contributed by atoms with Crippen molar-refractivity contribution in [3.05, 3.63) is 48.6 Å². The van der Waals surface area contributed by atoms with Gasteiger partial charge < -0.3 is 14.2 Å². The van der Waals surface area contributed by atoms with Crippen LogP contribution >= 0.6 is 0 Å². The van der Waals surface area contributed by atoms with E-state index >= 15 is 0 Å². The van der Waals surface area contributed by atoms with Gasteiger partial charge in [-0.15, -0.1) is 0 Å². The summed E-state index contributed by atoms with van der Waals surface area (Å²) in [5.41, 5.74) is 0. The van der Waals surface area contributed by atoms with Gasteiger partial charge in [-0.2, -0.15) is 0 Å². The highest BCUT2D eigenvalue weighted by molar-refractivity contribution is 5.71. The maximum atomic E-state index is 12.8. The van der Waals surface area contributed by atoms with E-state index in [-0.39, 0.29) is 31.1 Å². The molecule has 0 rings (SSSR count). The lowest BCUT2D eigenvalue weighted by Gasteiger charge is -2.18. The third-order valence-corrected chi connectivity index (χ3v) is 13.8. The molecule has 0 saturated heterocycles. The van der Waals surface area contributed by atoms with Gasteiger partial charge in [0.15, 0.2) is 6.10 Å². The Morgan fingerprint density at radius 1 is 0.296 bits per heavy atom. The summed E-state index contributed by atoms with van der Waals surface area (Å²) in [6, 6.07) is 0. The van der Waals surface area contributed by atoms with E-state index in [1.54, 1.807) is 0 Å². The molecule has 6 heteroatoms. The summed E-state index contributed by atoms with van der Waals surface area (Å²) in [6.07, 6.45) is 74.0. The Kier molecular flexibility index (Phi) is 57.7. The van der Waals surface area contributed by atoms with Crippen LogP contribution < -0.4 is 0 Å². The monoisotopic (exact) mass is 995 g/mol. The van der Waals surface area contributed by atoms with E-state index in [4.69, 9.17) is 14.2 Å². The number of allylic oxidation sites excluding steroid dienone is 8. The highest BCUT2D eigenvalue weighted by atomic mass is 16.6. The lowest BCUT2D eigenvalue weighted by atomic mass is 10.0. The van der Waals surface area contributed by atoms with E-state index in [1.165, 1.54) is 205 Å². The fourth-order valence-electron chi connectivity index (χ4n) is 9.20. The molecule has 414 valence electrons. The summed E-state index contributed by atoms with van der Waals surface area (Å²) in [5, 5.41) is 0. The predicted octanol–water partition coefficient (Wildman–Crippen LogP) is 21.0. The van der Waals surface area contributed by atoms with Gasteiger partial charge >= 0.3 is 17.9 Å². The van der Waals surface area contributed by atoms with Gasteiger partial charge in [0.2, 0.25) is 0 Å². The van der Waals surface area contributed by atoms with Crippen LogP contribution in [0.25, 0.3) is 0 Å². The highest BCUT2D eigenvalue weighted by Gasteiger charge is 2.19. The molecule has 0 aliphatic rings. The van der Waals surface area contributed by atoms with Crippen molar-refractivity contribution in [1.82, 2.24) is 0 Å². The first kappa shape index (κ1) is 68.4. The van der Waals surface area contributed by atoms with Crippen LogP contribution in [-0.2, 0) is 28.6 Å². The van der Waals surface area contributed by atoms with Crippen LogP contribution in [0, 0.1) is 0 Å². The van der Waals surface area contributed by atoms with Crippen molar-refractivity contribution in [3.63, 3.8) is 0 Å². The molecule has 0 fully saturated rings. The zero-order chi connectivity index (χ0) is 51.4. The molecule has 1 unspecified atom stereocenters. The number of rotatable bonds is 57. The van der Waals surface area contributed by atoms with Crippen LogP contribution in [-0.4, -0.2) is 37.2 Å². The first-order chi connectivity index (χ1) is 35.0. The molecule has 0 heterocycles. The number of esters is 3. The van der Waals surface area contributed by atoms with Crippen molar-refractivity contribution in [2.45, 2.75) is 335 Å². The number of ether oxygens (including phenoxy) is 3. The van der Waals surface area contributed by atoms with Crippen LogP contribution in [0.2, 0.25) is 0 Å². The Hall–Kier alpha value is -2.63. The van der Waals surface area contributed by atoms with Gasteiger partial charge in [-0.25, -0.2) is 0 Å². The molecule has 0 N–H and O–H groups in total. The maximum Gasteiger partial charge on any atom is 0.306 e. The van der Waals surface area contributed by atoms with E-state index in [2.05, 4.69) is 69.4 Å². The minimum Gasteiger partial charge on any atom is -0.462 e. The molecule has 0 amide bonds. The molecule has 0 aromatic heterocycles. The van der Waals surface area contributed by atoms with Crippen molar-refractivity contribution in [2.24, 2.45) is 0 Å². The summed E-state index contributed by atoms with van der Waals surface area (Å²) >= 11 is 0. The normalized spacial score (nSPS) is 12.3. The second-order valence-corrected chi connectivity index (χ2v) is 21.0. The average Bonchev–Trinajstić information content (AvgIpc) is 3.37. The SMILES string of the molecule is CC/C=C\C/C=C\C/C=C\C/C=C\CCCCCCCCCCCCCCCCC(=O)OCC(COC(=O)CCCCCCCCCCCCCCC)OC(=O)CCCCCCCCCCCCCCC. The van der Waals surface area contributed by atoms with E-state index in [9.17, 15) is 14.4 Å². The number of carbonyl (C=O) groups is 3. The minimum absolute atomic E-state index is 0.0668. The van der Waals surface area contributed by atoms with E-state index in [1.807, 2.05) is 0 Å². The summed E-state index contributed by atoms with van der Waals surface area (Å²) < 4.78 is 16.9. The lowest BCUT2D eigenvalue weighted by Crippen LogP contribution is -2.30. The Morgan fingerprint density at radius 2 is 0.549 bits per heavy atom. The number of hydrogen-bond acceptors (Lipinski definition) is 6. The third kappa shape index (κ3) is 58.1. The standard InChI is InChI=1S/C65H118O6/c1-4-7-10-13-16-19-22-25-26-27-28-29-30-31-32-33-34-35-36-37-38-41-43-46-49-52-55-58-64(67)70-61-62(71-65(68)59-56-53-50-47-44-40-24-21-18-15-12-9-6-3)60-69-63(66)57-54-51-48-45-42-39-23-20-17-14-11-8-5-2/h7,10,16,19,25-26,28-29,62H,4-6,8-9,11-15,17-18,20-24,27,30-61H2,1-3H3/b10-7-,19-16-,26-25-,29-28-. The van der Waals surface area contributed by atoms with Gasteiger partial charge in [0.1, 0.15) is 13.2 Å². The highest BCUT2D eigenvalue weighted by Crippen LogP contribution is 2.17. The zero-order valence-electron chi connectivity index (χ0n) is 47.5. The van der Waals surface area contributed by atoms with Crippen LogP contribution in [0.3, 0.4) is 0 Å². The molecule has 0 aromatic rings. The second kappa shape index (κ2) is 59.9. The first-order valence-electron chi connectivity index (χ1n) is 31.1. The summed E-state index contributed by atoms with van der Waals surface area (Å²) in [4.78, 5) is 38.2. The van der Waals surface area contributed by atoms with Gasteiger partial charge in [0.05, 0.1) is 0 Å². The maximum absolute atomic E-state index is 12.8. The minimum atomic E-state index is -0.768. The Bertz CT molecular complexity index is 1230. The fourth-order valence-corrected chi connectivity index (χ4v) is 9.20. The summed E-state index contributed by atoms with van der Waals surface area (Å²) in [7, 11) is 0. The Morgan fingerprint density at radius 3 is 0.859 bits per heavy atom. The van der Waals surface area contributed by atoms with Crippen LogP contribution in [0.1, 0.15) is 329 Å². The number of unbranched alkanes of at least 4 members (excludes halogenated alkanes) is 38. The van der Waals surface area contributed by atoms with Gasteiger partial charge in [0, 0.05) is 19.3 Å². The molecule has 0 aliphatic heterocycles. The Balaban J connectivity index is 4.18. The molecule has 0 aromatic carbocycles. The molecule has 0 radical (unpaired) electrons. The predicted molar refractivity (Wildman–Crippen MR) is 307 cm³/mol. The second-order valence-electron chi connectivity index (χ2n) is 21.0. The Labute approximate surface area is 441 Å². The average molecular weight is 996 g/mol. The van der Waals surface area contributed by atoms with Gasteiger partial charge in [-0.3, -0.25) is 14.4 Å². The number of carbonyl (C=O) groups excluding carboxylic acids is 3. The fraction of sp³-hybridized carbons (Fsp3) is 0.831. The van der Waals surface area contributed by atoms with Crippen molar-refractivity contribution >= 4 is 17.9 Å².